The lowest BCUT2D eigenvalue weighted by Crippen LogP contribution is -2.49. The number of carbonyl (C=O) groups is 2. The number of nitrogens with zero attached hydrogens (tertiary/aromatic N) is 2. The van der Waals surface area contributed by atoms with Gasteiger partial charge < -0.3 is 14.6 Å². The van der Waals surface area contributed by atoms with Gasteiger partial charge in [-0.2, -0.15) is 0 Å². The molecule has 0 bridgehead atoms. The highest BCUT2D eigenvalue weighted by Crippen LogP contribution is 2.46. The van der Waals surface area contributed by atoms with E-state index in [1.165, 1.54) is 11.8 Å². The number of aliphatic hydroxyl groups excluding tert-OH is 1. The fourth-order valence-electron chi connectivity index (χ4n) is 4.16. The fraction of sp³-hybridized carbons (Fsp3) is 0.320. The van der Waals surface area contributed by atoms with Gasteiger partial charge in [0.25, 0.3) is 5.91 Å². The van der Waals surface area contributed by atoms with Crippen molar-refractivity contribution in [3.05, 3.63) is 77.9 Å². The van der Waals surface area contributed by atoms with E-state index < -0.39 is 11.6 Å². The minimum Gasteiger partial charge on any atom is -0.494 e. The summed E-state index contributed by atoms with van der Waals surface area (Å²) in [5, 5.41) is 8.89. The van der Waals surface area contributed by atoms with Crippen molar-refractivity contribution < 1.29 is 24.2 Å². The molecule has 0 radical (unpaired) electrons. The topological polar surface area (TPSA) is 88.4 Å². The maximum Gasteiger partial charge on any atom is 0.262 e. The molecule has 2 aliphatic rings. The van der Waals surface area contributed by atoms with Gasteiger partial charge >= 0.3 is 0 Å². The van der Waals surface area contributed by atoms with Crippen LogP contribution in [-0.2, 0) is 20.9 Å². The molecule has 2 amide bonds. The van der Waals surface area contributed by atoms with Crippen LogP contribution in [0, 0.1) is 0 Å². The number of aliphatic hydroxyl groups is 1. The molecule has 32 heavy (non-hydrogen) atoms. The predicted molar refractivity (Wildman–Crippen MR) is 119 cm³/mol. The standard InChI is InChI=1S/C25H26N2O5/c1-3-13-25-22(21-8-5-4-7-19(21)16-27(17(2)29)24(25)30)32-23(26-25)18-9-11-20(12-10-18)31-15-6-14-28/h3-5,7-12,22,28H,1,6,13-16H2,2H3/t22-,25-/m1/s1. The molecule has 7 heteroatoms. The summed E-state index contributed by atoms with van der Waals surface area (Å²) in [6, 6.07) is 14.8. The Morgan fingerprint density at radius 3 is 2.75 bits per heavy atom. The molecule has 0 unspecified atom stereocenters. The quantitative estimate of drug-likeness (QED) is 0.534. The lowest BCUT2D eigenvalue weighted by molar-refractivity contribution is -0.149. The van der Waals surface area contributed by atoms with Crippen LogP contribution >= 0.6 is 0 Å². The summed E-state index contributed by atoms with van der Waals surface area (Å²) in [5.41, 5.74) is 1.10. The smallest absolute Gasteiger partial charge is 0.262 e. The molecule has 0 aliphatic carbocycles. The summed E-state index contributed by atoms with van der Waals surface area (Å²) < 4.78 is 11.9. The third kappa shape index (κ3) is 3.80. The van der Waals surface area contributed by atoms with Gasteiger partial charge in [-0.3, -0.25) is 14.5 Å². The first kappa shape index (κ1) is 21.8. The summed E-state index contributed by atoms with van der Waals surface area (Å²) >= 11 is 0. The van der Waals surface area contributed by atoms with E-state index in [2.05, 4.69) is 6.58 Å². The second kappa shape index (κ2) is 8.96. The van der Waals surface area contributed by atoms with Crippen LogP contribution in [0.25, 0.3) is 0 Å². The molecule has 4 rings (SSSR count). The third-order valence-electron chi connectivity index (χ3n) is 5.75. The third-order valence-corrected chi connectivity index (χ3v) is 5.75. The van der Waals surface area contributed by atoms with Crippen LogP contribution in [0.15, 0.2) is 66.2 Å². The fourth-order valence-corrected chi connectivity index (χ4v) is 4.16. The molecule has 2 aromatic carbocycles. The molecule has 0 spiro atoms. The number of aliphatic imine (C=N–C) groups is 1. The van der Waals surface area contributed by atoms with Gasteiger partial charge in [-0.25, -0.2) is 4.99 Å². The number of hydrogen-bond donors (Lipinski definition) is 1. The van der Waals surface area contributed by atoms with Crippen LogP contribution in [-0.4, -0.2) is 46.5 Å². The number of rotatable bonds is 7. The first-order chi connectivity index (χ1) is 15.5. The zero-order valence-corrected chi connectivity index (χ0v) is 18.0. The number of hydrogen-bond acceptors (Lipinski definition) is 6. The van der Waals surface area contributed by atoms with E-state index in [1.807, 2.05) is 36.4 Å². The van der Waals surface area contributed by atoms with Crippen molar-refractivity contribution in [3.8, 4) is 5.75 Å². The van der Waals surface area contributed by atoms with Gasteiger partial charge in [0.05, 0.1) is 13.2 Å². The predicted octanol–water partition coefficient (Wildman–Crippen LogP) is 3.17. The van der Waals surface area contributed by atoms with Crippen molar-refractivity contribution in [2.24, 2.45) is 4.99 Å². The van der Waals surface area contributed by atoms with Crippen LogP contribution in [0.4, 0.5) is 0 Å². The number of benzene rings is 2. The van der Waals surface area contributed by atoms with Crippen LogP contribution in [0.3, 0.4) is 0 Å². The average Bonchev–Trinajstić information content (AvgIpc) is 3.14. The van der Waals surface area contributed by atoms with Crippen LogP contribution in [0.1, 0.15) is 42.6 Å². The minimum absolute atomic E-state index is 0.0717. The van der Waals surface area contributed by atoms with Crippen molar-refractivity contribution in [3.63, 3.8) is 0 Å². The van der Waals surface area contributed by atoms with Gasteiger partial charge in [0, 0.05) is 37.5 Å². The molecule has 2 atom stereocenters. The summed E-state index contributed by atoms with van der Waals surface area (Å²) in [6.45, 7) is 5.90. The Bertz CT molecular complexity index is 1060. The Morgan fingerprint density at radius 1 is 1.31 bits per heavy atom. The molecule has 0 fully saturated rings. The average molecular weight is 434 g/mol. The molecule has 1 N–H and O–H groups in total. The monoisotopic (exact) mass is 434 g/mol. The van der Waals surface area contributed by atoms with E-state index in [9.17, 15) is 9.59 Å². The second-order valence-corrected chi connectivity index (χ2v) is 7.89. The summed E-state index contributed by atoms with van der Waals surface area (Å²) in [5.74, 6) is 0.291. The van der Waals surface area contributed by atoms with Crippen molar-refractivity contribution >= 4 is 17.7 Å². The summed E-state index contributed by atoms with van der Waals surface area (Å²) in [7, 11) is 0. The number of ether oxygens (including phenoxy) is 2. The van der Waals surface area contributed by atoms with E-state index in [0.29, 0.717) is 30.2 Å². The second-order valence-electron chi connectivity index (χ2n) is 7.89. The van der Waals surface area contributed by atoms with E-state index in [4.69, 9.17) is 19.6 Å². The zero-order chi connectivity index (χ0) is 22.7. The zero-order valence-electron chi connectivity index (χ0n) is 18.0. The Morgan fingerprint density at radius 2 is 2.06 bits per heavy atom. The van der Waals surface area contributed by atoms with Crippen LogP contribution < -0.4 is 4.74 Å². The molecular weight excluding hydrogens is 408 g/mol. The van der Waals surface area contributed by atoms with Crippen molar-refractivity contribution in [2.45, 2.75) is 38.0 Å². The molecule has 2 heterocycles. The van der Waals surface area contributed by atoms with Gasteiger partial charge in [-0.05, 0) is 29.8 Å². The Balaban J connectivity index is 1.75. The van der Waals surface area contributed by atoms with Crippen molar-refractivity contribution in [1.29, 1.82) is 0 Å². The molecule has 2 aliphatic heterocycles. The Kier molecular flexibility index (Phi) is 6.10. The highest BCUT2D eigenvalue weighted by molar-refractivity contribution is 6.05. The Labute approximate surface area is 187 Å². The van der Waals surface area contributed by atoms with E-state index in [1.54, 1.807) is 18.2 Å². The molecule has 0 saturated carbocycles. The molecule has 7 nitrogen and oxygen atoms in total. The first-order valence-corrected chi connectivity index (χ1v) is 10.6. The van der Waals surface area contributed by atoms with Gasteiger partial charge in [0.15, 0.2) is 11.6 Å². The van der Waals surface area contributed by atoms with Crippen molar-refractivity contribution in [1.82, 2.24) is 4.90 Å². The molecular formula is C25H26N2O5. The lowest BCUT2D eigenvalue weighted by atomic mass is 9.84. The number of imide groups is 1. The summed E-state index contributed by atoms with van der Waals surface area (Å²) in [6.07, 6.45) is 1.77. The van der Waals surface area contributed by atoms with Gasteiger partial charge in [-0.1, -0.05) is 30.3 Å². The number of carbonyl (C=O) groups excluding carboxylic acids is 2. The van der Waals surface area contributed by atoms with E-state index >= 15 is 0 Å². The summed E-state index contributed by atoms with van der Waals surface area (Å²) in [4.78, 5) is 32.1. The Hall–Kier alpha value is -3.45. The number of amides is 2. The molecule has 166 valence electrons. The van der Waals surface area contributed by atoms with Crippen LogP contribution in [0.5, 0.6) is 5.75 Å². The molecule has 0 saturated heterocycles. The largest absolute Gasteiger partial charge is 0.494 e. The first-order valence-electron chi connectivity index (χ1n) is 10.6. The highest BCUT2D eigenvalue weighted by Gasteiger charge is 2.56. The molecule has 2 aromatic rings. The van der Waals surface area contributed by atoms with Crippen LogP contribution in [0.2, 0.25) is 0 Å². The normalized spacial score (nSPS) is 21.7. The van der Waals surface area contributed by atoms with Crippen molar-refractivity contribution in [2.75, 3.05) is 13.2 Å². The maximum absolute atomic E-state index is 13.7. The van der Waals surface area contributed by atoms with Gasteiger partial charge in [0.1, 0.15) is 5.75 Å². The highest BCUT2D eigenvalue weighted by atomic mass is 16.5. The maximum atomic E-state index is 13.7. The van der Waals surface area contributed by atoms with E-state index in [-0.39, 0.29) is 31.4 Å². The SMILES string of the molecule is C=CC[C@@]12N=C(c3ccc(OCCCO)cc3)O[C@@H]1c1ccccc1CN(C(C)=O)C2=O. The van der Waals surface area contributed by atoms with Gasteiger partial charge in [-0.15, -0.1) is 6.58 Å². The molecule has 0 aromatic heterocycles. The number of fused-ring (bicyclic) bond motifs is 3. The minimum atomic E-state index is -1.30. The lowest BCUT2D eigenvalue weighted by Gasteiger charge is -2.30. The van der Waals surface area contributed by atoms with Gasteiger partial charge in [0.2, 0.25) is 11.8 Å². The van der Waals surface area contributed by atoms with E-state index in [0.717, 1.165) is 11.1 Å².